The van der Waals surface area contributed by atoms with Gasteiger partial charge in [0.1, 0.15) is 0 Å². The highest BCUT2D eigenvalue weighted by molar-refractivity contribution is 7.99. The molecular weight excluding hydrogens is 330 g/mol. The molecule has 1 aliphatic heterocycles. The van der Waals surface area contributed by atoms with Crippen LogP contribution in [-0.4, -0.2) is 38.5 Å². The Morgan fingerprint density at radius 3 is 2.60 bits per heavy atom. The second-order valence-electron chi connectivity index (χ2n) is 6.37. The molecule has 2 aromatic rings. The molecule has 132 valence electrons. The van der Waals surface area contributed by atoms with Gasteiger partial charge in [0.25, 0.3) is 0 Å². The van der Waals surface area contributed by atoms with Crippen molar-refractivity contribution in [2.24, 2.45) is 0 Å². The zero-order valence-electron chi connectivity index (χ0n) is 14.6. The van der Waals surface area contributed by atoms with Crippen LogP contribution in [0.3, 0.4) is 0 Å². The fourth-order valence-corrected chi connectivity index (χ4v) is 4.09. The molecule has 1 aliphatic rings. The zero-order valence-corrected chi connectivity index (χ0v) is 15.4. The van der Waals surface area contributed by atoms with E-state index in [1.807, 2.05) is 6.07 Å². The first kappa shape index (κ1) is 18.0. The van der Waals surface area contributed by atoms with Gasteiger partial charge in [0, 0.05) is 17.9 Å². The number of likely N-dealkylation sites (tertiary alicyclic amines) is 1. The van der Waals surface area contributed by atoms with E-state index < -0.39 is 0 Å². The number of rotatable bonds is 8. The van der Waals surface area contributed by atoms with Gasteiger partial charge in [-0.25, -0.2) is 0 Å². The Hall–Kier alpha value is -1.84. The van der Waals surface area contributed by atoms with Gasteiger partial charge < -0.3 is 0 Å². The van der Waals surface area contributed by atoms with Crippen LogP contribution in [0.1, 0.15) is 44.3 Å². The minimum absolute atomic E-state index is 0.631. The highest BCUT2D eigenvalue weighted by atomic mass is 32.2. The smallest absolute Gasteiger partial charge is 0.195 e. The van der Waals surface area contributed by atoms with Gasteiger partial charge in [-0.1, -0.05) is 36.4 Å². The molecule has 0 radical (unpaired) electrons. The average molecular weight is 356 g/mol. The van der Waals surface area contributed by atoms with Gasteiger partial charge in [0.05, 0.1) is 12.6 Å². The lowest BCUT2D eigenvalue weighted by Crippen LogP contribution is -2.30. The number of aromatic nitrogens is 3. The fourth-order valence-electron chi connectivity index (χ4n) is 3.12. The Kier molecular flexibility index (Phi) is 6.89. The molecule has 5 nitrogen and oxygen atoms in total. The molecule has 6 heteroatoms. The SMILES string of the molecule is N#CCCCCSc1nnc(CN2CCCCC2)n1-c1ccccc1. The van der Waals surface area contributed by atoms with Gasteiger partial charge in [0.15, 0.2) is 11.0 Å². The number of piperidine rings is 1. The first-order chi connectivity index (χ1) is 12.4. The van der Waals surface area contributed by atoms with Crippen molar-refractivity contribution in [3.8, 4) is 11.8 Å². The molecular formula is C19H25N5S. The van der Waals surface area contributed by atoms with Crippen LogP contribution >= 0.6 is 11.8 Å². The van der Waals surface area contributed by atoms with Crippen LogP contribution < -0.4 is 0 Å². The molecule has 1 aromatic carbocycles. The van der Waals surface area contributed by atoms with E-state index in [9.17, 15) is 0 Å². The maximum atomic E-state index is 8.65. The molecule has 0 saturated carbocycles. The highest BCUT2D eigenvalue weighted by Gasteiger charge is 2.18. The van der Waals surface area contributed by atoms with Crippen LogP contribution in [0.25, 0.3) is 5.69 Å². The van der Waals surface area contributed by atoms with Crippen molar-refractivity contribution >= 4 is 11.8 Å². The summed E-state index contributed by atoms with van der Waals surface area (Å²) >= 11 is 1.74. The minimum atomic E-state index is 0.631. The number of nitriles is 1. The summed E-state index contributed by atoms with van der Waals surface area (Å²) in [6.45, 7) is 3.16. The van der Waals surface area contributed by atoms with Crippen LogP contribution in [-0.2, 0) is 6.54 Å². The summed E-state index contributed by atoms with van der Waals surface area (Å²) in [6.07, 6.45) is 6.50. The standard InChI is InChI=1S/C19H25N5S/c20-12-6-2-9-15-25-19-22-21-18(16-23-13-7-3-8-14-23)24(19)17-10-4-1-5-11-17/h1,4-5,10-11H,2-3,6-9,13-16H2. The van der Waals surface area contributed by atoms with Gasteiger partial charge in [-0.3, -0.25) is 9.47 Å². The van der Waals surface area contributed by atoms with Crippen molar-refractivity contribution in [1.82, 2.24) is 19.7 Å². The monoisotopic (exact) mass is 355 g/mol. The third kappa shape index (κ3) is 5.07. The highest BCUT2D eigenvalue weighted by Crippen LogP contribution is 2.24. The molecule has 0 unspecified atom stereocenters. The molecule has 1 fully saturated rings. The van der Waals surface area contributed by atoms with E-state index in [1.165, 1.54) is 19.3 Å². The molecule has 0 spiro atoms. The van der Waals surface area contributed by atoms with Gasteiger partial charge in [-0.15, -0.1) is 10.2 Å². The zero-order chi connectivity index (χ0) is 17.3. The molecule has 0 atom stereocenters. The van der Waals surface area contributed by atoms with E-state index in [2.05, 4.69) is 50.0 Å². The number of hydrogen-bond acceptors (Lipinski definition) is 5. The first-order valence-corrected chi connectivity index (χ1v) is 10.1. The van der Waals surface area contributed by atoms with E-state index in [4.69, 9.17) is 5.26 Å². The van der Waals surface area contributed by atoms with Crippen molar-refractivity contribution in [3.05, 3.63) is 36.2 Å². The van der Waals surface area contributed by atoms with Crippen molar-refractivity contribution in [3.63, 3.8) is 0 Å². The Balaban J connectivity index is 1.74. The van der Waals surface area contributed by atoms with Gasteiger partial charge in [0.2, 0.25) is 0 Å². The second-order valence-corrected chi connectivity index (χ2v) is 7.43. The van der Waals surface area contributed by atoms with Gasteiger partial charge in [-0.05, 0) is 50.9 Å². The van der Waals surface area contributed by atoms with E-state index >= 15 is 0 Å². The van der Waals surface area contributed by atoms with Crippen molar-refractivity contribution in [2.45, 2.75) is 50.2 Å². The van der Waals surface area contributed by atoms with E-state index in [1.54, 1.807) is 11.8 Å². The lowest BCUT2D eigenvalue weighted by molar-refractivity contribution is 0.214. The topological polar surface area (TPSA) is 57.7 Å². The summed E-state index contributed by atoms with van der Waals surface area (Å²) in [4.78, 5) is 2.48. The average Bonchev–Trinajstić information content (AvgIpc) is 3.05. The summed E-state index contributed by atoms with van der Waals surface area (Å²) in [5.41, 5.74) is 1.12. The second kappa shape index (κ2) is 9.59. The van der Waals surface area contributed by atoms with Crippen LogP contribution in [0.4, 0.5) is 0 Å². The molecule has 0 bridgehead atoms. The number of hydrogen-bond donors (Lipinski definition) is 0. The first-order valence-electron chi connectivity index (χ1n) is 9.10. The number of para-hydroxylation sites is 1. The Labute approximate surface area is 154 Å². The van der Waals surface area contributed by atoms with Crippen molar-refractivity contribution in [2.75, 3.05) is 18.8 Å². The molecule has 0 aliphatic carbocycles. The predicted molar refractivity (Wildman–Crippen MR) is 101 cm³/mol. The molecule has 1 aromatic heterocycles. The fraction of sp³-hybridized carbons (Fsp3) is 0.526. The maximum absolute atomic E-state index is 8.65. The Morgan fingerprint density at radius 2 is 1.84 bits per heavy atom. The minimum Gasteiger partial charge on any atom is -0.296 e. The third-order valence-electron chi connectivity index (χ3n) is 4.44. The number of benzene rings is 1. The summed E-state index contributed by atoms with van der Waals surface area (Å²) in [7, 11) is 0. The van der Waals surface area contributed by atoms with Gasteiger partial charge in [-0.2, -0.15) is 5.26 Å². The maximum Gasteiger partial charge on any atom is 0.195 e. The summed E-state index contributed by atoms with van der Waals surface area (Å²) in [5.74, 6) is 1.99. The molecule has 0 amide bonds. The van der Waals surface area contributed by atoms with Crippen molar-refractivity contribution < 1.29 is 0 Å². The van der Waals surface area contributed by atoms with Gasteiger partial charge >= 0.3 is 0 Å². The number of thioether (sulfide) groups is 1. The lowest BCUT2D eigenvalue weighted by Gasteiger charge is -2.26. The van der Waals surface area contributed by atoms with E-state index in [0.717, 1.165) is 54.9 Å². The summed E-state index contributed by atoms with van der Waals surface area (Å²) < 4.78 is 2.20. The Morgan fingerprint density at radius 1 is 1.04 bits per heavy atom. The number of nitrogens with zero attached hydrogens (tertiary/aromatic N) is 5. The summed E-state index contributed by atoms with van der Waals surface area (Å²) in [5, 5.41) is 18.6. The van der Waals surface area contributed by atoms with E-state index in [-0.39, 0.29) is 0 Å². The quantitative estimate of drug-likeness (QED) is 0.528. The van der Waals surface area contributed by atoms with Crippen LogP contribution in [0, 0.1) is 11.3 Å². The van der Waals surface area contributed by atoms with Crippen LogP contribution in [0.2, 0.25) is 0 Å². The predicted octanol–water partition coefficient (Wildman–Crippen LogP) is 4.04. The molecule has 25 heavy (non-hydrogen) atoms. The summed E-state index contributed by atoms with van der Waals surface area (Å²) in [6, 6.07) is 12.6. The molecule has 0 N–H and O–H groups in total. The Bertz CT molecular complexity index is 686. The van der Waals surface area contributed by atoms with Crippen LogP contribution in [0.5, 0.6) is 0 Å². The number of unbranched alkanes of at least 4 members (excludes halogenated alkanes) is 2. The molecule has 2 heterocycles. The van der Waals surface area contributed by atoms with Crippen molar-refractivity contribution in [1.29, 1.82) is 5.26 Å². The van der Waals surface area contributed by atoms with Crippen LogP contribution in [0.15, 0.2) is 35.5 Å². The largest absolute Gasteiger partial charge is 0.296 e. The van der Waals surface area contributed by atoms with E-state index in [0.29, 0.717) is 6.42 Å². The normalized spacial score (nSPS) is 15.2. The molecule has 1 saturated heterocycles. The third-order valence-corrected chi connectivity index (χ3v) is 5.46. The lowest BCUT2D eigenvalue weighted by atomic mass is 10.1. The molecule has 3 rings (SSSR count).